The van der Waals surface area contributed by atoms with Gasteiger partial charge < -0.3 is 5.73 Å². The summed E-state index contributed by atoms with van der Waals surface area (Å²) in [7, 11) is 0. The normalized spacial score (nSPS) is 38.6. The van der Waals surface area contributed by atoms with E-state index in [0.717, 1.165) is 18.4 Å². The lowest BCUT2D eigenvalue weighted by Gasteiger charge is -1.85. The summed E-state index contributed by atoms with van der Waals surface area (Å²) in [5.74, 6) is 1.88. The molecule has 0 amide bonds. The summed E-state index contributed by atoms with van der Waals surface area (Å²) in [5, 5.41) is 0. The first kappa shape index (κ1) is 5.10. The largest absolute Gasteiger partial charge is 0.330 e. The van der Waals surface area contributed by atoms with Gasteiger partial charge in [-0.25, -0.2) is 0 Å². The molecule has 1 aliphatic carbocycles. The van der Waals surface area contributed by atoms with Crippen LogP contribution in [0.5, 0.6) is 0 Å². The number of nitrogens with two attached hydrogens (primary N) is 1. The van der Waals surface area contributed by atoms with E-state index >= 15 is 0 Å². The Morgan fingerprint density at radius 3 is 2.43 bits per heavy atom. The lowest BCUT2D eigenvalue weighted by atomic mass is 10.3. The minimum atomic E-state index is 0.894. The van der Waals surface area contributed by atoms with Gasteiger partial charge in [-0.3, -0.25) is 0 Å². The van der Waals surface area contributed by atoms with Crippen LogP contribution in [0.4, 0.5) is 0 Å². The second-order valence-electron chi connectivity index (χ2n) is 2.40. The Morgan fingerprint density at radius 1 is 1.57 bits per heavy atom. The Balaban J connectivity index is 2.06. The Labute approximate surface area is 44.9 Å². The summed E-state index contributed by atoms with van der Waals surface area (Å²) in [4.78, 5) is 0. The van der Waals surface area contributed by atoms with Gasteiger partial charge in [0, 0.05) is 0 Å². The van der Waals surface area contributed by atoms with E-state index in [1.807, 2.05) is 0 Å². The summed E-state index contributed by atoms with van der Waals surface area (Å²) in [6, 6.07) is 0. The molecular weight excluding hydrogens is 86.1 g/mol. The molecule has 1 nitrogen and oxygen atoms in total. The molecule has 0 radical (unpaired) electrons. The van der Waals surface area contributed by atoms with Crippen LogP contribution in [-0.2, 0) is 0 Å². The average Bonchev–Trinajstić information content (AvgIpc) is 2.43. The number of hydrogen-bond acceptors (Lipinski definition) is 1. The Bertz CT molecular complexity index is 53.2. The number of hydrogen-bond donors (Lipinski definition) is 1. The van der Waals surface area contributed by atoms with E-state index in [1.165, 1.54) is 12.8 Å². The van der Waals surface area contributed by atoms with E-state index in [2.05, 4.69) is 6.92 Å². The third-order valence-electron chi connectivity index (χ3n) is 1.90. The third kappa shape index (κ3) is 0.942. The summed E-state index contributed by atoms with van der Waals surface area (Å²) < 4.78 is 0. The SMILES string of the molecule is CC[C@H]1C[C@H]1CN. The van der Waals surface area contributed by atoms with E-state index in [1.54, 1.807) is 0 Å². The molecule has 0 aromatic rings. The quantitative estimate of drug-likeness (QED) is 0.549. The predicted octanol–water partition coefficient (Wildman–Crippen LogP) is 0.991. The molecule has 0 spiro atoms. The van der Waals surface area contributed by atoms with E-state index in [9.17, 15) is 0 Å². The van der Waals surface area contributed by atoms with Crippen molar-refractivity contribution in [1.82, 2.24) is 0 Å². The Hall–Kier alpha value is -0.0400. The van der Waals surface area contributed by atoms with Gasteiger partial charge in [0.15, 0.2) is 0 Å². The standard InChI is InChI=1S/C6H13N/c1-2-5-3-6(5)4-7/h5-6H,2-4,7H2,1H3/t5-,6-/m0/s1. The maximum Gasteiger partial charge on any atom is -0.00461 e. The lowest BCUT2D eigenvalue weighted by molar-refractivity contribution is 0.687. The van der Waals surface area contributed by atoms with Crippen molar-refractivity contribution in [2.75, 3.05) is 6.54 Å². The lowest BCUT2D eigenvalue weighted by Crippen LogP contribution is -2.01. The summed E-state index contributed by atoms with van der Waals surface area (Å²) in [6.07, 6.45) is 2.73. The Kier molecular flexibility index (Phi) is 1.33. The Morgan fingerprint density at radius 2 is 2.29 bits per heavy atom. The monoisotopic (exact) mass is 99.1 g/mol. The highest BCUT2D eigenvalue weighted by atomic mass is 14.6. The van der Waals surface area contributed by atoms with Crippen LogP contribution in [0.2, 0.25) is 0 Å². The van der Waals surface area contributed by atoms with Crippen LogP contribution < -0.4 is 5.73 Å². The molecule has 0 saturated heterocycles. The van der Waals surface area contributed by atoms with Gasteiger partial charge in [-0.15, -0.1) is 0 Å². The van der Waals surface area contributed by atoms with Crippen LogP contribution in [0.3, 0.4) is 0 Å². The molecule has 0 bridgehead atoms. The van der Waals surface area contributed by atoms with Crippen molar-refractivity contribution in [3.63, 3.8) is 0 Å². The molecular formula is C6H13N. The molecule has 1 aliphatic rings. The van der Waals surface area contributed by atoms with Crippen molar-refractivity contribution in [1.29, 1.82) is 0 Å². The average molecular weight is 99.2 g/mol. The minimum absolute atomic E-state index is 0.894. The fourth-order valence-corrected chi connectivity index (χ4v) is 1.10. The second-order valence-corrected chi connectivity index (χ2v) is 2.40. The molecule has 2 N–H and O–H groups in total. The maximum atomic E-state index is 5.40. The maximum absolute atomic E-state index is 5.40. The van der Waals surface area contributed by atoms with Crippen LogP contribution in [0, 0.1) is 11.8 Å². The smallest absolute Gasteiger partial charge is 0.00461 e. The van der Waals surface area contributed by atoms with Crippen molar-refractivity contribution in [2.24, 2.45) is 17.6 Å². The van der Waals surface area contributed by atoms with Gasteiger partial charge in [0.2, 0.25) is 0 Å². The first-order valence-electron chi connectivity index (χ1n) is 3.08. The van der Waals surface area contributed by atoms with Gasteiger partial charge in [0.25, 0.3) is 0 Å². The molecule has 0 aromatic carbocycles. The van der Waals surface area contributed by atoms with Gasteiger partial charge in [0.05, 0.1) is 0 Å². The van der Waals surface area contributed by atoms with Gasteiger partial charge >= 0.3 is 0 Å². The molecule has 1 heteroatoms. The van der Waals surface area contributed by atoms with Crippen molar-refractivity contribution in [3.8, 4) is 0 Å². The highest BCUT2D eigenvalue weighted by Crippen LogP contribution is 2.39. The molecule has 0 aromatic heterocycles. The van der Waals surface area contributed by atoms with Gasteiger partial charge in [-0.1, -0.05) is 13.3 Å². The molecule has 7 heavy (non-hydrogen) atoms. The topological polar surface area (TPSA) is 26.0 Å². The molecule has 1 rings (SSSR count). The fraction of sp³-hybridized carbons (Fsp3) is 1.00. The number of rotatable bonds is 2. The highest BCUT2D eigenvalue weighted by molar-refractivity contribution is 4.85. The molecule has 0 aliphatic heterocycles. The third-order valence-corrected chi connectivity index (χ3v) is 1.90. The van der Waals surface area contributed by atoms with Crippen molar-refractivity contribution in [2.45, 2.75) is 19.8 Å². The summed E-state index contributed by atoms with van der Waals surface area (Å²) in [6.45, 7) is 3.15. The summed E-state index contributed by atoms with van der Waals surface area (Å²) in [5.41, 5.74) is 5.40. The molecule has 0 heterocycles. The predicted molar refractivity (Wildman–Crippen MR) is 30.9 cm³/mol. The van der Waals surface area contributed by atoms with Crippen molar-refractivity contribution < 1.29 is 0 Å². The van der Waals surface area contributed by atoms with Gasteiger partial charge in [-0.2, -0.15) is 0 Å². The van der Waals surface area contributed by atoms with E-state index in [-0.39, 0.29) is 0 Å². The van der Waals surface area contributed by atoms with Crippen LogP contribution >= 0.6 is 0 Å². The van der Waals surface area contributed by atoms with E-state index in [0.29, 0.717) is 0 Å². The van der Waals surface area contributed by atoms with Crippen molar-refractivity contribution >= 4 is 0 Å². The zero-order valence-electron chi connectivity index (χ0n) is 4.85. The zero-order valence-corrected chi connectivity index (χ0v) is 4.85. The first-order chi connectivity index (χ1) is 3.38. The summed E-state index contributed by atoms with van der Waals surface area (Å²) >= 11 is 0. The fourth-order valence-electron chi connectivity index (χ4n) is 1.10. The van der Waals surface area contributed by atoms with Gasteiger partial charge in [-0.05, 0) is 24.8 Å². The minimum Gasteiger partial charge on any atom is -0.330 e. The molecule has 1 fully saturated rings. The van der Waals surface area contributed by atoms with Crippen LogP contribution in [0.25, 0.3) is 0 Å². The molecule has 42 valence electrons. The second kappa shape index (κ2) is 1.83. The molecule has 2 atom stereocenters. The molecule has 1 saturated carbocycles. The molecule has 0 unspecified atom stereocenters. The van der Waals surface area contributed by atoms with Gasteiger partial charge in [0.1, 0.15) is 0 Å². The zero-order chi connectivity index (χ0) is 5.28. The van der Waals surface area contributed by atoms with Crippen LogP contribution in [-0.4, -0.2) is 6.54 Å². The van der Waals surface area contributed by atoms with E-state index < -0.39 is 0 Å². The van der Waals surface area contributed by atoms with E-state index in [4.69, 9.17) is 5.73 Å². The van der Waals surface area contributed by atoms with Crippen LogP contribution in [0.15, 0.2) is 0 Å². The highest BCUT2D eigenvalue weighted by Gasteiger charge is 2.33. The first-order valence-corrected chi connectivity index (χ1v) is 3.08. The van der Waals surface area contributed by atoms with Crippen molar-refractivity contribution in [3.05, 3.63) is 0 Å². The van der Waals surface area contributed by atoms with Crippen LogP contribution in [0.1, 0.15) is 19.8 Å².